The summed E-state index contributed by atoms with van der Waals surface area (Å²) in [5, 5.41) is 0. The molecule has 0 radical (unpaired) electrons. The van der Waals surface area contributed by atoms with Gasteiger partial charge in [0.25, 0.3) is 0 Å². The molecule has 5 heteroatoms. The van der Waals surface area contributed by atoms with Gasteiger partial charge in [-0.25, -0.2) is 4.98 Å². The first-order valence-electron chi connectivity index (χ1n) is 9.67. The quantitative estimate of drug-likeness (QED) is 0.470. The second-order valence-electron chi connectivity index (χ2n) is 7.34. The highest BCUT2D eigenvalue weighted by molar-refractivity contribution is 5.74. The van der Waals surface area contributed by atoms with E-state index in [1.807, 2.05) is 56.4 Å². The minimum absolute atomic E-state index is 0.362. The van der Waals surface area contributed by atoms with Crippen molar-refractivity contribution in [3.63, 3.8) is 0 Å². The summed E-state index contributed by atoms with van der Waals surface area (Å²) in [6.07, 6.45) is 12.5. The van der Waals surface area contributed by atoms with Gasteiger partial charge in [-0.3, -0.25) is 4.98 Å². The highest BCUT2D eigenvalue weighted by Gasteiger charge is 2.10. The molecule has 0 amide bonds. The molecule has 0 aliphatic carbocycles. The van der Waals surface area contributed by atoms with Crippen LogP contribution in [0.15, 0.2) is 61.6 Å². The van der Waals surface area contributed by atoms with E-state index in [1.54, 1.807) is 18.5 Å². The van der Waals surface area contributed by atoms with Crippen LogP contribution in [-0.2, 0) is 11.2 Å². The highest BCUT2D eigenvalue weighted by atomic mass is 16.1. The fraction of sp³-hybridized carbons (Fsp3) is 0.292. The average Bonchev–Trinajstić information content (AvgIpc) is 2.71. The third-order valence-corrected chi connectivity index (χ3v) is 4.66. The molecule has 0 saturated heterocycles. The fourth-order valence-electron chi connectivity index (χ4n) is 2.81. The summed E-state index contributed by atoms with van der Waals surface area (Å²) >= 11 is 0. The fourth-order valence-corrected chi connectivity index (χ4v) is 2.81. The van der Waals surface area contributed by atoms with E-state index in [2.05, 4.69) is 36.5 Å². The highest BCUT2D eigenvalue weighted by Crippen LogP contribution is 2.27. The number of aromatic nitrogens is 2. The Morgan fingerprint density at radius 2 is 1.97 bits per heavy atom. The lowest BCUT2D eigenvalue weighted by molar-refractivity contribution is -0.107. The minimum Gasteiger partial charge on any atom is -0.377 e. The third-order valence-electron chi connectivity index (χ3n) is 4.66. The van der Waals surface area contributed by atoms with E-state index in [4.69, 9.17) is 4.98 Å². The predicted molar refractivity (Wildman–Crippen MR) is 122 cm³/mol. The van der Waals surface area contributed by atoms with Crippen LogP contribution in [0.5, 0.6) is 0 Å². The van der Waals surface area contributed by atoms with Crippen molar-refractivity contribution < 1.29 is 4.79 Å². The Morgan fingerprint density at radius 1 is 1.21 bits per heavy atom. The van der Waals surface area contributed by atoms with Gasteiger partial charge in [-0.1, -0.05) is 30.9 Å². The molecule has 0 N–H and O–H groups in total. The Labute approximate surface area is 174 Å². The van der Waals surface area contributed by atoms with E-state index in [0.29, 0.717) is 12.5 Å². The number of carbonyl (C=O) groups excluding carboxylic acids is 1. The molecule has 152 valence electrons. The number of anilines is 1. The van der Waals surface area contributed by atoms with Crippen molar-refractivity contribution in [2.45, 2.75) is 26.3 Å². The van der Waals surface area contributed by atoms with Gasteiger partial charge in [0.15, 0.2) is 0 Å². The molecule has 1 aromatic heterocycles. The largest absolute Gasteiger partial charge is 0.377 e. The lowest BCUT2D eigenvalue weighted by Crippen LogP contribution is -2.20. The maximum Gasteiger partial charge on any atom is 0.124 e. The molecular formula is C24H30N4O. The van der Waals surface area contributed by atoms with Gasteiger partial charge in [-0.05, 0) is 31.5 Å². The molecule has 0 fully saturated rings. The molecular weight excluding hydrogens is 360 g/mol. The average molecular weight is 391 g/mol. The minimum atomic E-state index is 0.362. The SMILES string of the molecule is C=C/C=C\C(=C/N(C)C(C)C)c1cncc(-c2ccc(N(C)C)c(CC=O)c2)n1. The summed E-state index contributed by atoms with van der Waals surface area (Å²) in [5.41, 5.74) is 5.43. The standard InChI is InChI=1S/C24H30N4O/c1-7-8-9-21(17-28(6)18(2)3)23-16-25-15-22(26-23)19-10-11-24(27(4)5)20(14-19)12-13-29/h7-11,13-18H,1,12H2,2-6H3/b9-8-,21-17+. The molecule has 0 atom stereocenters. The Hall–Kier alpha value is -3.21. The van der Waals surface area contributed by atoms with Crippen LogP contribution in [-0.4, -0.2) is 48.3 Å². The molecule has 1 heterocycles. The van der Waals surface area contributed by atoms with Crippen molar-refractivity contribution in [1.29, 1.82) is 0 Å². The first-order valence-corrected chi connectivity index (χ1v) is 9.67. The summed E-state index contributed by atoms with van der Waals surface area (Å²) in [7, 11) is 5.98. The van der Waals surface area contributed by atoms with E-state index < -0.39 is 0 Å². The van der Waals surface area contributed by atoms with Crippen molar-refractivity contribution in [2.24, 2.45) is 0 Å². The number of hydrogen-bond donors (Lipinski definition) is 0. The monoisotopic (exact) mass is 390 g/mol. The molecule has 0 spiro atoms. The Balaban J connectivity index is 2.51. The molecule has 0 saturated carbocycles. The Morgan fingerprint density at radius 3 is 2.59 bits per heavy atom. The molecule has 5 nitrogen and oxygen atoms in total. The van der Waals surface area contributed by atoms with Gasteiger partial charge < -0.3 is 14.6 Å². The van der Waals surface area contributed by atoms with Gasteiger partial charge in [0.1, 0.15) is 6.29 Å². The van der Waals surface area contributed by atoms with Crippen LogP contribution < -0.4 is 4.90 Å². The Kier molecular flexibility index (Phi) is 7.89. The number of hydrogen-bond acceptors (Lipinski definition) is 5. The van der Waals surface area contributed by atoms with Gasteiger partial charge in [0.05, 0.1) is 23.8 Å². The van der Waals surface area contributed by atoms with Gasteiger partial charge in [0, 0.05) is 56.6 Å². The molecule has 29 heavy (non-hydrogen) atoms. The lowest BCUT2D eigenvalue weighted by Gasteiger charge is -2.20. The van der Waals surface area contributed by atoms with Crippen LogP contribution >= 0.6 is 0 Å². The number of rotatable bonds is 9. The van der Waals surface area contributed by atoms with Crippen LogP contribution in [0.2, 0.25) is 0 Å². The molecule has 2 aromatic rings. The van der Waals surface area contributed by atoms with Crippen LogP contribution in [0, 0.1) is 0 Å². The maximum absolute atomic E-state index is 11.1. The van der Waals surface area contributed by atoms with Crippen molar-refractivity contribution in [3.8, 4) is 11.3 Å². The number of allylic oxidation sites excluding steroid dienone is 4. The van der Waals surface area contributed by atoms with E-state index in [-0.39, 0.29) is 0 Å². The van der Waals surface area contributed by atoms with Crippen LogP contribution in [0.4, 0.5) is 5.69 Å². The summed E-state index contributed by atoms with van der Waals surface area (Å²) in [4.78, 5) is 24.5. The normalized spacial score (nSPS) is 11.7. The van der Waals surface area contributed by atoms with Crippen LogP contribution in [0.1, 0.15) is 25.1 Å². The number of aldehydes is 1. The van der Waals surface area contributed by atoms with Crippen molar-refractivity contribution in [1.82, 2.24) is 14.9 Å². The Bertz CT molecular complexity index is 913. The van der Waals surface area contributed by atoms with Crippen molar-refractivity contribution >= 4 is 17.5 Å². The zero-order valence-corrected chi connectivity index (χ0v) is 18.0. The van der Waals surface area contributed by atoms with Gasteiger partial charge in [-0.15, -0.1) is 0 Å². The summed E-state index contributed by atoms with van der Waals surface area (Å²) in [6.45, 7) is 8.03. The zero-order valence-electron chi connectivity index (χ0n) is 18.0. The van der Waals surface area contributed by atoms with E-state index in [1.165, 1.54) is 0 Å². The zero-order chi connectivity index (χ0) is 21.4. The molecule has 2 rings (SSSR count). The summed E-state index contributed by atoms with van der Waals surface area (Å²) in [5.74, 6) is 0. The van der Waals surface area contributed by atoms with Gasteiger partial charge in [-0.2, -0.15) is 0 Å². The summed E-state index contributed by atoms with van der Waals surface area (Å²) in [6, 6.07) is 6.41. The molecule has 0 aliphatic heterocycles. The van der Waals surface area contributed by atoms with Crippen molar-refractivity contribution in [3.05, 3.63) is 72.9 Å². The molecule has 1 aromatic carbocycles. The molecule has 0 unspecified atom stereocenters. The van der Waals surface area contributed by atoms with Crippen LogP contribution in [0.25, 0.3) is 16.8 Å². The maximum atomic E-state index is 11.1. The number of carbonyl (C=O) groups is 1. The van der Waals surface area contributed by atoms with E-state index >= 15 is 0 Å². The van der Waals surface area contributed by atoms with Gasteiger partial charge in [0.2, 0.25) is 0 Å². The van der Waals surface area contributed by atoms with E-state index in [9.17, 15) is 4.79 Å². The third kappa shape index (κ3) is 5.88. The number of nitrogens with zero attached hydrogens (tertiary/aromatic N) is 4. The number of benzene rings is 1. The molecule has 0 aliphatic rings. The van der Waals surface area contributed by atoms with Crippen LogP contribution in [0.3, 0.4) is 0 Å². The first kappa shape index (κ1) is 22.1. The van der Waals surface area contributed by atoms with Crippen molar-refractivity contribution in [2.75, 3.05) is 26.0 Å². The molecule has 0 bridgehead atoms. The first-order chi connectivity index (χ1) is 13.9. The summed E-state index contributed by atoms with van der Waals surface area (Å²) < 4.78 is 0. The second-order valence-corrected chi connectivity index (χ2v) is 7.34. The predicted octanol–water partition coefficient (Wildman–Crippen LogP) is 4.37. The van der Waals surface area contributed by atoms with E-state index in [0.717, 1.165) is 40.1 Å². The van der Waals surface area contributed by atoms with Gasteiger partial charge >= 0.3 is 0 Å². The smallest absolute Gasteiger partial charge is 0.124 e. The topological polar surface area (TPSA) is 49.3 Å². The second kappa shape index (κ2) is 10.4. The lowest BCUT2D eigenvalue weighted by atomic mass is 10.0.